The van der Waals surface area contributed by atoms with Gasteiger partial charge in [-0.2, -0.15) is 4.31 Å². The van der Waals surface area contributed by atoms with Crippen molar-refractivity contribution in [2.75, 3.05) is 26.2 Å². The van der Waals surface area contributed by atoms with Crippen LogP contribution in [0.5, 0.6) is 0 Å². The zero-order chi connectivity index (χ0) is 21.7. The van der Waals surface area contributed by atoms with E-state index < -0.39 is 10.0 Å². The molecular formula is C24H33IN4O2S. The maximum absolute atomic E-state index is 12.7. The van der Waals surface area contributed by atoms with Gasteiger partial charge in [0, 0.05) is 31.6 Å². The number of halogens is 1. The van der Waals surface area contributed by atoms with Gasteiger partial charge in [-0.15, -0.1) is 24.0 Å². The van der Waals surface area contributed by atoms with Crippen molar-refractivity contribution in [1.82, 2.24) is 14.9 Å². The molecule has 2 N–H and O–H groups in total. The predicted octanol–water partition coefficient (Wildman–Crippen LogP) is 3.88. The first-order valence-corrected chi connectivity index (χ1v) is 12.6. The minimum atomic E-state index is -3.37. The molecule has 0 radical (unpaired) electrons. The van der Waals surface area contributed by atoms with Crippen LogP contribution in [0.1, 0.15) is 43.7 Å². The quantitative estimate of drug-likeness (QED) is 0.288. The van der Waals surface area contributed by atoms with Gasteiger partial charge < -0.3 is 10.6 Å². The standard InChI is InChI=1S/C24H32N4O2S.HI/c1-2-25-23(27-19-24(14-15-24)21-8-4-3-5-9-21)26-18-20-10-12-22(13-11-20)31(29,30)28-16-6-7-17-28;/h3-5,8-13H,2,6-7,14-19H2,1H3,(H2,25,26,27);1H. The van der Waals surface area contributed by atoms with Gasteiger partial charge in [-0.25, -0.2) is 13.4 Å². The van der Waals surface area contributed by atoms with Crippen molar-refractivity contribution < 1.29 is 8.42 Å². The molecule has 0 atom stereocenters. The number of sulfonamides is 1. The highest BCUT2D eigenvalue weighted by Crippen LogP contribution is 2.47. The summed E-state index contributed by atoms with van der Waals surface area (Å²) in [5.74, 6) is 0.790. The van der Waals surface area contributed by atoms with Gasteiger partial charge in [0.25, 0.3) is 0 Å². The van der Waals surface area contributed by atoms with Crippen LogP contribution in [0.15, 0.2) is 64.5 Å². The normalized spacial score (nSPS) is 18.1. The Morgan fingerprint density at radius 3 is 2.25 bits per heavy atom. The Bertz CT molecular complexity index is 1000. The molecule has 1 aliphatic carbocycles. The minimum Gasteiger partial charge on any atom is -0.357 e. The molecule has 0 amide bonds. The van der Waals surface area contributed by atoms with Crippen molar-refractivity contribution in [3.8, 4) is 0 Å². The lowest BCUT2D eigenvalue weighted by Crippen LogP contribution is -2.41. The summed E-state index contributed by atoms with van der Waals surface area (Å²) in [5, 5.41) is 6.81. The first-order valence-electron chi connectivity index (χ1n) is 11.2. The van der Waals surface area contributed by atoms with Crippen molar-refractivity contribution >= 4 is 40.0 Å². The zero-order valence-corrected chi connectivity index (χ0v) is 21.7. The number of hydrogen-bond donors (Lipinski definition) is 2. The highest BCUT2D eigenvalue weighted by molar-refractivity contribution is 14.0. The monoisotopic (exact) mass is 568 g/mol. The van der Waals surface area contributed by atoms with Crippen LogP contribution in [0, 0.1) is 0 Å². The Morgan fingerprint density at radius 1 is 1.00 bits per heavy atom. The number of hydrogen-bond acceptors (Lipinski definition) is 3. The van der Waals surface area contributed by atoms with Crippen LogP contribution in [-0.4, -0.2) is 44.9 Å². The Balaban J connectivity index is 0.00000289. The average molecular weight is 569 g/mol. The number of nitrogens with zero attached hydrogens (tertiary/aromatic N) is 2. The van der Waals surface area contributed by atoms with E-state index >= 15 is 0 Å². The molecular weight excluding hydrogens is 535 g/mol. The number of nitrogens with one attached hydrogen (secondary N) is 2. The lowest BCUT2D eigenvalue weighted by atomic mass is 9.96. The molecule has 8 heteroatoms. The fourth-order valence-electron chi connectivity index (χ4n) is 4.12. The predicted molar refractivity (Wildman–Crippen MR) is 140 cm³/mol. The molecule has 32 heavy (non-hydrogen) atoms. The van der Waals surface area contributed by atoms with Gasteiger partial charge in [-0.1, -0.05) is 42.5 Å². The van der Waals surface area contributed by atoms with E-state index in [2.05, 4.69) is 47.9 Å². The molecule has 6 nitrogen and oxygen atoms in total. The molecule has 2 aromatic rings. The van der Waals surface area contributed by atoms with Crippen LogP contribution < -0.4 is 10.6 Å². The SMILES string of the molecule is CCNC(=NCc1ccc(S(=O)(=O)N2CCCC2)cc1)NCC1(c2ccccc2)CC1.I. The van der Waals surface area contributed by atoms with Crippen molar-refractivity contribution in [3.05, 3.63) is 65.7 Å². The smallest absolute Gasteiger partial charge is 0.243 e. The highest BCUT2D eigenvalue weighted by Gasteiger charge is 2.44. The maximum atomic E-state index is 12.7. The number of aliphatic imine (C=N–C) groups is 1. The van der Waals surface area contributed by atoms with Crippen molar-refractivity contribution in [2.45, 2.75) is 49.5 Å². The summed E-state index contributed by atoms with van der Waals surface area (Å²) >= 11 is 0. The molecule has 0 spiro atoms. The van der Waals surface area contributed by atoms with Crippen molar-refractivity contribution in [1.29, 1.82) is 0 Å². The summed E-state index contributed by atoms with van der Waals surface area (Å²) < 4.78 is 26.9. The van der Waals surface area contributed by atoms with E-state index in [4.69, 9.17) is 4.99 Å². The molecule has 1 saturated heterocycles. The van der Waals surface area contributed by atoms with Gasteiger partial charge in [-0.3, -0.25) is 0 Å². The van der Waals surface area contributed by atoms with E-state index in [1.807, 2.05) is 12.1 Å². The molecule has 2 fully saturated rings. The molecule has 4 rings (SSSR count). The molecule has 2 aromatic carbocycles. The molecule has 174 valence electrons. The van der Waals surface area contributed by atoms with E-state index in [-0.39, 0.29) is 29.4 Å². The topological polar surface area (TPSA) is 73.8 Å². The molecule has 1 saturated carbocycles. The van der Waals surface area contributed by atoms with Crippen LogP contribution in [-0.2, 0) is 22.0 Å². The van der Waals surface area contributed by atoms with Crippen molar-refractivity contribution in [3.63, 3.8) is 0 Å². The van der Waals surface area contributed by atoms with Crippen LogP contribution in [0.3, 0.4) is 0 Å². The fraction of sp³-hybridized carbons (Fsp3) is 0.458. The second kappa shape index (κ2) is 11.0. The fourth-order valence-corrected chi connectivity index (χ4v) is 5.64. The lowest BCUT2D eigenvalue weighted by Gasteiger charge is -2.19. The zero-order valence-electron chi connectivity index (χ0n) is 18.6. The first kappa shape index (κ1) is 25.0. The molecule has 1 aliphatic heterocycles. The second-order valence-electron chi connectivity index (χ2n) is 8.45. The van der Waals surface area contributed by atoms with Gasteiger partial charge in [0.15, 0.2) is 5.96 Å². The molecule has 0 unspecified atom stereocenters. The molecule has 0 aromatic heterocycles. The molecule has 0 bridgehead atoms. The summed E-state index contributed by atoms with van der Waals surface area (Å²) in [6.45, 7) is 5.44. The van der Waals surface area contributed by atoms with Crippen LogP contribution >= 0.6 is 24.0 Å². The largest absolute Gasteiger partial charge is 0.357 e. The maximum Gasteiger partial charge on any atom is 0.243 e. The van der Waals surface area contributed by atoms with Crippen molar-refractivity contribution in [2.24, 2.45) is 4.99 Å². The average Bonchev–Trinajstić information content (AvgIpc) is 3.37. The van der Waals surface area contributed by atoms with E-state index in [0.29, 0.717) is 24.5 Å². The van der Waals surface area contributed by atoms with Gasteiger partial charge in [-0.05, 0) is 55.9 Å². The van der Waals surface area contributed by atoms with E-state index in [1.54, 1.807) is 16.4 Å². The Kier molecular flexibility index (Phi) is 8.57. The van der Waals surface area contributed by atoms with E-state index in [9.17, 15) is 8.42 Å². The third-order valence-electron chi connectivity index (χ3n) is 6.22. The Morgan fingerprint density at radius 2 is 1.66 bits per heavy atom. The lowest BCUT2D eigenvalue weighted by molar-refractivity contribution is 0.477. The van der Waals surface area contributed by atoms with E-state index in [1.165, 1.54) is 18.4 Å². The Hall–Kier alpha value is -1.65. The van der Waals surface area contributed by atoms with Crippen LogP contribution in [0.25, 0.3) is 0 Å². The third-order valence-corrected chi connectivity index (χ3v) is 8.14. The summed E-state index contributed by atoms with van der Waals surface area (Å²) in [7, 11) is -3.37. The summed E-state index contributed by atoms with van der Waals surface area (Å²) in [4.78, 5) is 5.08. The highest BCUT2D eigenvalue weighted by atomic mass is 127. The van der Waals surface area contributed by atoms with Crippen LogP contribution in [0.4, 0.5) is 0 Å². The number of benzene rings is 2. The van der Waals surface area contributed by atoms with Gasteiger partial charge in [0.1, 0.15) is 0 Å². The third kappa shape index (κ3) is 5.82. The second-order valence-corrected chi connectivity index (χ2v) is 10.4. The number of rotatable bonds is 8. The minimum absolute atomic E-state index is 0. The Labute approximate surface area is 209 Å². The number of guanidine groups is 1. The summed E-state index contributed by atoms with van der Waals surface area (Å²) in [5.41, 5.74) is 2.58. The first-order chi connectivity index (χ1) is 15.0. The summed E-state index contributed by atoms with van der Waals surface area (Å²) in [6, 6.07) is 17.8. The summed E-state index contributed by atoms with van der Waals surface area (Å²) in [6.07, 6.45) is 4.27. The molecule has 2 aliphatic rings. The van der Waals surface area contributed by atoms with Gasteiger partial charge in [0.2, 0.25) is 10.0 Å². The van der Waals surface area contributed by atoms with Gasteiger partial charge in [0.05, 0.1) is 11.4 Å². The van der Waals surface area contributed by atoms with E-state index in [0.717, 1.165) is 37.5 Å². The molecule has 1 heterocycles. The van der Waals surface area contributed by atoms with Crippen LogP contribution in [0.2, 0.25) is 0 Å². The van der Waals surface area contributed by atoms with Gasteiger partial charge >= 0.3 is 0 Å².